The van der Waals surface area contributed by atoms with Crippen LogP contribution in [-0.4, -0.2) is 17.9 Å². The first-order valence-corrected chi connectivity index (χ1v) is 11.1. The minimum atomic E-state index is -0.251. The number of hydrogen-bond acceptors (Lipinski definition) is 4. The second-order valence-corrected chi connectivity index (χ2v) is 8.96. The Balaban J connectivity index is 1.67. The maximum atomic E-state index is 13.3. The third kappa shape index (κ3) is 4.25. The van der Waals surface area contributed by atoms with Crippen LogP contribution >= 0.6 is 11.8 Å². The van der Waals surface area contributed by atoms with Gasteiger partial charge in [0.05, 0.1) is 5.69 Å². The summed E-state index contributed by atoms with van der Waals surface area (Å²) in [6, 6.07) is 15.8. The van der Waals surface area contributed by atoms with Crippen molar-refractivity contribution in [3.63, 3.8) is 0 Å². The van der Waals surface area contributed by atoms with Crippen LogP contribution in [-0.2, 0) is 9.59 Å². The fourth-order valence-corrected chi connectivity index (χ4v) is 4.77. The summed E-state index contributed by atoms with van der Waals surface area (Å²) in [6.07, 6.45) is 5.64. The molecule has 0 atom stereocenters. The van der Waals surface area contributed by atoms with Crippen LogP contribution in [0.2, 0.25) is 0 Å². The number of carbonyl (C=O) groups is 2. The van der Waals surface area contributed by atoms with Gasteiger partial charge in [-0.15, -0.1) is 0 Å². The number of thioether (sulfide) groups is 1. The van der Waals surface area contributed by atoms with Gasteiger partial charge in [0.1, 0.15) is 10.6 Å². The van der Waals surface area contributed by atoms with E-state index in [0.29, 0.717) is 16.3 Å². The quantitative estimate of drug-likeness (QED) is 0.702. The fourth-order valence-electron chi connectivity index (χ4n) is 3.84. The molecular weight excluding hydrogens is 380 g/mol. The lowest BCUT2D eigenvalue weighted by molar-refractivity contribution is -0.120. The van der Waals surface area contributed by atoms with Crippen molar-refractivity contribution in [3.05, 3.63) is 70.3 Å². The molecule has 1 aliphatic heterocycles. The molecule has 1 fully saturated rings. The molecule has 1 aliphatic carbocycles. The van der Waals surface area contributed by atoms with Crippen molar-refractivity contribution >= 4 is 29.3 Å². The highest BCUT2D eigenvalue weighted by molar-refractivity contribution is 8.04. The van der Waals surface area contributed by atoms with Crippen LogP contribution in [0.15, 0.2) is 64.0 Å². The second-order valence-electron chi connectivity index (χ2n) is 7.88. The zero-order valence-electron chi connectivity index (χ0n) is 16.9. The highest BCUT2D eigenvalue weighted by atomic mass is 32.2. The third-order valence-corrected chi connectivity index (χ3v) is 6.62. The number of amides is 2. The molecule has 4 rings (SSSR count). The molecular formula is C24H26N2O2S. The first-order valence-electron chi connectivity index (χ1n) is 10.2. The summed E-state index contributed by atoms with van der Waals surface area (Å²) >= 11 is 1.38. The molecule has 1 saturated carbocycles. The van der Waals surface area contributed by atoms with Crippen molar-refractivity contribution in [1.82, 2.24) is 5.32 Å². The van der Waals surface area contributed by atoms with Gasteiger partial charge >= 0.3 is 0 Å². The Hall–Kier alpha value is -2.53. The van der Waals surface area contributed by atoms with E-state index < -0.39 is 0 Å². The average molecular weight is 407 g/mol. The van der Waals surface area contributed by atoms with E-state index in [0.717, 1.165) is 36.1 Å². The van der Waals surface area contributed by atoms with Crippen molar-refractivity contribution < 1.29 is 9.59 Å². The van der Waals surface area contributed by atoms with E-state index in [1.54, 1.807) is 0 Å². The molecule has 4 nitrogen and oxygen atoms in total. The molecule has 0 spiro atoms. The lowest BCUT2D eigenvalue weighted by atomic mass is 9.95. The van der Waals surface area contributed by atoms with E-state index in [1.807, 2.05) is 62.4 Å². The summed E-state index contributed by atoms with van der Waals surface area (Å²) in [5.74, 6) is -0.498. The molecule has 1 heterocycles. The van der Waals surface area contributed by atoms with Crippen molar-refractivity contribution in [3.8, 4) is 0 Å². The summed E-state index contributed by atoms with van der Waals surface area (Å²) in [5, 5.41) is 3.44. The Labute approximate surface area is 176 Å². The van der Waals surface area contributed by atoms with Crippen LogP contribution in [0.4, 0.5) is 5.69 Å². The van der Waals surface area contributed by atoms with Crippen molar-refractivity contribution in [2.45, 2.75) is 56.9 Å². The van der Waals surface area contributed by atoms with Gasteiger partial charge in [-0.3, -0.25) is 9.59 Å². The van der Waals surface area contributed by atoms with Gasteiger partial charge in [0.15, 0.2) is 0 Å². The molecule has 0 bridgehead atoms. The van der Waals surface area contributed by atoms with E-state index in [1.165, 1.54) is 28.6 Å². The first-order chi connectivity index (χ1) is 14.0. The topological polar surface area (TPSA) is 49.4 Å². The Bertz CT molecular complexity index is 942. The van der Waals surface area contributed by atoms with Crippen LogP contribution in [0.25, 0.3) is 0 Å². The molecule has 0 aromatic heterocycles. The molecule has 0 radical (unpaired) electrons. The van der Waals surface area contributed by atoms with Gasteiger partial charge in [-0.25, -0.2) is 4.90 Å². The molecule has 29 heavy (non-hydrogen) atoms. The molecule has 2 aromatic rings. The summed E-state index contributed by atoms with van der Waals surface area (Å²) < 4.78 is 0. The first kappa shape index (κ1) is 19.8. The third-order valence-electron chi connectivity index (χ3n) is 5.53. The number of anilines is 1. The van der Waals surface area contributed by atoms with E-state index in [9.17, 15) is 9.59 Å². The smallest absolute Gasteiger partial charge is 0.282 e. The second kappa shape index (κ2) is 8.46. The Morgan fingerprint density at radius 1 is 0.828 bits per heavy atom. The molecule has 5 heteroatoms. The van der Waals surface area contributed by atoms with Crippen molar-refractivity contribution in [2.24, 2.45) is 0 Å². The van der Waals surface area contributed by atoms with Gasteiger partial charge in [0.2, 0.25) is 0 Å². The molecule has 1 N–H and O–H groups in total. The van der Waals surface area contributed by atoms with Gasteiger partial charge in [0, 0.05) is 10.9 Å². The van der Waals surface area contributed by atoms with Crippen LogP contribution in [0.3, 0.4) is 0 Å². The molecule has 150 valence electrons. The van der Waals surface area contributed by atoms with Crippen LogP contribution < -0.4 is 10.2 Å². The number of carbonyl (C=O) groups excluding carboxylic acids is 2. The average Bonchev–Trinajstić information content (AvgIpc) is 2.95. The van der Waals surface area contributed by atoms with Gasteiger partial charge < -0.3 is 5.32 Å². The lowest BCUT2D eigenvalue weighted by Crippen LogP contribution is -2.37. The number of hydrogen-bond donors (Lipinski definition) is 1. The van der Waals surface area contributed by atoms with Gasteiger partial charge in [-0.2, -0.15) is 0 Å². The zero-order chi connectivity index (χ0) is 20.4. The van der Waals surface area contributed by atoms with Crippen molar-refractivity contribution in [2.75, 3.05) is 4.90 Å². The van der Waals surface area contributed by atoms with Crippen molar-refractivity contribution in [1.29, 1.82) is 0 Å². The zero-order valence-corrected chi connectivity index (χ0v) is 17.7. The number of rotatable bonds is 5. The van der Waals surface area contributed by atoms with Crippen LogP contribution in [0.5, 0.6) is 0 Å². The molecule has 2 amide bonds. The molecule has 2 aromatic carbocycles. The van der Waals surface area contributed by atoms with E-state index >= 15 is 0 Å². The van der Waals surface area contributed by atoms with Crippen LogP contribution in [0.1, 0.15) is 43.2 Å². The number of benzene rings is 2. The van der Waals surface area contributed by atoms with E-state index in [2.05, 4.69) is 5.32 Å². The number of imide groups is 1. The van der Waals surface area contributed by atoms with Crippen LogP contribution in [0, 0.1) is 13.8 Å². The normalized spacial score (nSPS) is 17.9. The number of nitrogens with zero attached hydrogens (tertiary/aromatic N) is 1. The maximum Gasteiger partial charge on any atom is 0.282 e. The molecule has 2 aliphatic rings. The van der Waals surface area contributed by atoms with Gasteiger partial charge in [-0.1, -0.05) is 66.4 Å². The Morgan fingerprint density at radius 3 is 2.03 bits per heavy atom. The monoisotopic (exact) mass is 406 g/mol. The summed E-state index contributed by atoms with van der Waals surface area (Å²) in [6.45, 7) is 4.03. The molecule has 0 saturated heterocycles. The maximum absolute atomic E-state index is 13.3. The minimum Gasteiger partial charge on any atom is -0.377 e. The van der Waals surface area contributed by atoms with E-state index in [4.69, 9.17) is 0 Å². The Morgan fingerprint density at radius 2 is 1.41 bits per heavy atom. The van der Waals surface area contributed by atoms with Gasteiger partial charge in [-0.05, 0) is 51.0 Å². The summed E-state index contributed by atoms with van der Waals surface area (Å²) in [5.41, 5.74) is 3.33. The standard InChI is InChI=1S/C24H26N2O2S/c1-16-8-12-19(13-9-16)26-23(27)21(25-18-6-4-3-5-7-18)22(24(26)28)29-20-14-10-17(2)11-15-20/h8-15,18,25H,3-7H2,1-2H3. The predicted octanol–water partition coefficient (Wildman–Crippen LogP) is 5.10. The minimum absolute atomic E-state index is 0.247. The lowest BCUT2D eigenvalue weighted by Gasteiger charge is -2.24. The number of nitrogens with one attached hydrogen (secondary N) is 1. The summed E-state index contributed by atoms with van der Waals surface area (Å²) in [4.78, 5) is 29.4. The SMILES string of the molecule is Cc1ccc(SC2=C(NC3CCCCC3)C(=O)N(c3ccc(C)cc3)C2=O)cc1. The van der Waals surface area contributed by atoms with Gasteiger partial charge in [0.25, 0.3) is 11.8 Å². The summed E-state index contributed by atoms with van der Waals surface area (Å²) in [7, 11) is 0. The Kier molecular flexibility index (Phi) is 5.76. The number of aryl methyl sites for hydroxylation is 2. The molecule has 0 unspecified atom stereocenters. The highest BCUT2D eigenvalue weighted by Crippen LogP contribution is 2.37. The predicted molar refractivity (Wildman–Crippen MR) is 118 cm³/mol. The largest absolute Gasteiger partial charge is 0.377 e. The van der Waals surface area contributed by atoms with E-state index in [-0.39, 0.29) is 17.9 Å². The fraction of sp³-hybridized carbons (Fsp3) is 0.333. The highest BCUT2D eigenvalue weighted by Gasteiger charge is 2.40.